The molecular weight excluding hydrogens is 244 g/mol. The summed E-state index contributed by atoms with van der Waals surface area (Å²) in [4.78, 5) is 27.1. The lowest BCUT2D eigenvalue weighted by atomic mass is 9.95. The van der Waals surface area contributed by atoms with E-state index in [4.69, 9.17) is 5.11 Å². The van der Waals surface area contributed by atoms with E-state index in [0.717, 1.165) is 25.9 Å². The molecule has 1 N–H and O–H groups in total. The Morgan fingerprint density at radius 1 is 1.11 bits per heavy atom. The number of amides is 2. The molecule has 0 aromatic heterocycles. The molecule has 0 saturated carbocycles. The second kappa shape index (κ2) is 5.80. The number of carbonyl (C=O) groups excluding carboxylic acids is 1. The molecule has 0 bridgehead atoms. The minimum atomic E-state index is -0.779. The van der Waals surface area contributed by atoms with Gasteiger partial charge in [0.1, 0.15) is 0 Å². The maximum atomic E-state index is 12.4. The molecule has 5 heteroatoms. The van der Waals surface area contributed by atoms with Gasteiger partial charge >= 0.3 is 12.0 Å². The van der Waals surface area contributed by atoms with Crippen molar-refractivity contribution < 1.29 is 14.7 Å². The van der Waals surface area contributed by atoms with Gasteiger partial charge in [-0.2, -0.15) is 0 Å². The molecule has 2 heterocycles. The summed E-state index contributed by atoms with van der Waals surface area (Å²) in [6.07, 6.45) is 2.55. The first-order valence-electron chi connectivity index (χ1n) is 7.25. The van der Waals surface area contributed by atoms with Gasteiger partial charge in [-0.05, 0) is 31.1 Å². The van der Waals surface area contributed by atoms with E-state index in [1.807, 2.05) is 4.90 Å². The normalized spacial score (nSPS) is 27.9. The van der Waals surface area contributed by atoms with Gasteiger partial charge in [-0.25, -0.2) is 4.79 Å². The number of carboxylic acid groups (broad SMARTS) is 1. The molecule has 108 valence electrons. The van der Waals surface area contributed by atoms with Gasteiger partial charge in [0, 0.05) is 26.2 Å². The first-order chi connectivity index (χ1) is 8.99. The third-order valence-electron chi connectivity index (χ3n) is 4.48. The molecule has 2 unspecified atom stereocenters. The maximum Gasteiger partial charge on any atom is 0.320 e. The van der Waals surface area contributed by atoms with E-state index >= 15 is 0 Å². The molecule has 0 spiro atoms. The molecule has 5 nitrogen and oxygen atoms in total. The number of hydrogen-bond acceptors (Lipinski definition) is 2. The lowest BCUT2D eigenvalue weighted by molar-refractivity contribution is -0.143. The number of piperidine rings is 1. The van der Waals surface area contributed by atoms with Crippen molar-refractivity contribution in [3.63, 3.8) is 0 Å². The van der Waals surface area contributed by atoms with Crippen molar-refractivity contribution in [1.29, 1.82) is 0 Å². The highest BCUT2D eigenvalue weighted by Gasteiger charge is 2.34. The summed E-state index contributed by atoms with van der Waals surface area (Å²) in [6, 6.07) is 0.0362. The molecule has 2 rings (SSSR count). The van der Waals surface area contributed by atoms with E-state index in [-0.39, 0.29) is 11.9 Å². The van der Waals surface area contributed by atoms with Crippen LogP contribution in [0.2, 0.25) is 0 Å². The fourth-order valence-electron chi connectivity index (χ4n) is 3.06. The van der Waals surface area contributed by atoms with Gasteiger partial charge in [0.05, 0.1) is 5.92 Å². The SMILES string of the molecule is CC(C)C1CCN(C(=O)N2CCCC(C(=O)O)C2)C1. The van der Waals surface area contributed by atoms with Crippen LogP contribution in [0.4, 0.5) is 4.79 Å². The van der Waals surface area contributed by atoms with Crippen LogP contribution in [0.1, 0.15) is 33.1 Å². The minimum absolute atomic E-state index is 0.0362. The first-order valence-corrected chi connectivity index (χ1v) is 7.25. The Morgan fingerprint density at radius 2 is 1.79 bits per heavy atom. The van der Waals surface area contributed by atoms with E-state index in [1.165, 1.54) is 0 Å². The van der Waals surface area contributed by atoms with Gasteiger partial charge in [-0.1, -0.05) is 13.8 Å². The molecule has 2 amide bonds. The number of likely N-dealkylation sites (tertiary alicyclic amines) is 2. The number of carboxylic acids is 1. The molecule has 2 fully saturated rings. The molecule has 2 saturated heterocycles. The summed E-state index contributed by atoms with van der Waals surface area (Å²) in [5, 5.41) is 9.07. The number of nitrogens with zero attached hydrogens (tertiary/aromatic N) is 2. The number of carbonyl (C=O) groups is 2. The molecule has 0 aliphatic carbocycles. The minimum Gasteiger partial charge on any atom is -0.481 e. The summed E-state index contributed by atoms with van der Waals surface area (Å²) in [5.41, 5.74) is 0. The molecule has 0 radical (unpaired) electrons. The summed E-state index contributed by atoms with van der Waals surface area (Å²) < 4.78 is 0. The number of hydrogen-bond donors (Lipinski definition) is 1. The topological polar surface area (TPSA) is 60.9 Å². The highest BCUT2D eigenvalue weighted by Crippen LogP contribution is 2.26. The van der Waals surface area contributed by atoms with Gasteiger partial charge in [-0.15, -0.1) is 0 Å². The lowest BCUT2D eigenvalue weighted by Crippen LogP contribution is -2.48. The van der Waals surface area contributed by atoms with Gasteiger partial charge in [-0.3, -0.25) is 4.79 Å². The summed E-state index contributed by atoms with van der Waals surface area (Å²) in [6.45, 7) is 7.10. The third kappa shape index (κ3) is 3.19. The van der Waals surface area contributed by atoms with E-state index in [2.05, 4.69) is 13.8 Å². The van der Waals surface area contributed by atoms with Crippen LogP contribution in [0.5, 0.6) is 0 Å². The Morgan fingerprint density at radius 3 is 2.37 bits per heavy atom. The van der Waals surface area contributed by atoms with Crippen molar-refractivity contribution in [1.82, 2.24) is 9.80 Å². The van der Waals surface area contributed by atoms with Gasteiger partial charge in [0.15, 0.2) is 0 Å². The molecule has 19 heavy (non-hydrogen) atoms. The average molecular weight is 268 g/mol. The number of urea groups is 1. The van der Waals surface area contributed by atoms with Crippen LogP contribution in [0, 0.1) is 17.8 Å². The molecule has 2 atom stereocenters. The van der Waals surface area contributed by atoms with Gasteiger partial charge in [0.25, 0.3) is 0 Å². The molecule has 2 aliphatic heterocycles. The Labute approximate surface area is 114 Å². The quantitative estimate of drug-likeness (QED) is 0.832. The number of aliphatic carboxylic acids is 1. The van der Waals surface area contributed by atoms with E-state index < -0.39 is 5.97 Å². The zero-order valence-electron chi connectivity index (χ0n) is 11.8. The zero-order valence-corrected chi connectivity index (χ0v) is 11.8. The fraction of sp³-hybridized carbons (Fsp3) is 0.857. The third-order valence-corrected chi connectivity index (χ3v) is 4.48. The van der Waals surface area contributed by atoms with Crippen LogP contribution >= 0.6 is 0 Å². The van der Waals surface area contributed by atoms with Crippen LogP contribution in [0.25, 0.3) is 0 Å². The van der Waals surface area contributed by atoms with E-state index in [1.54, 1.807) is 4.90 Å². The number of rotatable bonds is 2. The Hall–Kier alpha value is -1.26. The summed E-state index contributed by atoms with van der Waals surface area (Å²) in [5.74, 6) is 0.0233. The fourth-order valence-corrected chi connectivity index (χ4v) is 3.06. The summed E-state index contributed by atoms with van der Waals surface area (Å²) in [7, 11) is 0. The molecular formula is C14H24N2O3. The smallest absolute Gasteiger partial charge is 0.320 e. The van der Waals surface area contributed by atoms with Gasteiger partial charge in [0.2, 0.25) is 0 Å². The molecule has 0 aromatic carbocycles. The van der Waals surface area contributed by atoms with Crippen molar-refractivity contribution in [2.75, 3.05) is 26.2 Å². The average Bonchev–Trinajstić information content (AvgIpc) is 2.87. The predicted octanol–water partition coefficient (Wildman–Crippen LogP) is 1.88. The van der Waals surface area contributed by atoms with Crippen LogP contribution in [-0.2, 0) is 4.79 Å². The monoisotopic (exact) mass is 268 g/mol. The molecule has 2 aliphatic rings. The Bertz CT molecular complexity index is 357. The standard InChI is InChI=1S/C14H24N2O3/c1-10(2)11-5-7-16(8-11)14(19)15-6-3-4-12(9-15)13(17)18/h10-12H,3-9H2,1-2H3,(H,17,18). The van der Waals surface area contributed by atoms with Crippen LogP contribution in [0.3, 0.4) is 0 Å². The van der Waals surface area contributed by atoms with Crippen LogP contribution in [0.15, 0.2) is 0 Å². The van der Waals surface area contributed by atoms with Gasteiger partial charge < -0.3 is 14.9 Å². The maximum absolute atomic E-state index is 12.4. The Kier molecular flexibility index (Phi) is 4.32. The van der Waals surface area contributed by atoms with Crippen molar-refractivity contribution in [3.8, 4) is 0 Å². The van der Waals surface area contributed by atoms with E-state index in [9.17, 15) is 9.59 Å². The zero-order chi connectivity index (χ0) is 14.0. The second-order valence-corrected chi connectivity index (χ2v) is 6.14. The van der Waals surface area contributed by atoms with Crippen molar-refractivity contribution in [2.24, 2.45) is 17.8 Å². The van der Waals surface area contributed by atoms with E-state index in [0.29, 0.717) is 31.3 Å². The van der Waals surface area contributed by atoms with Crippen molar-refractivity contribution in [2.45, 2.75) is 33.1 Å². The summed E-state index contributed by atoms with van der Waals surface area (Å²) >= 11 is 0. The highest BCUT2D eigenvalue weighted by molar-refractivity contribution is 5.77. The second-order valence-electron chi connectivity index (χ2n) is 6.14. The van der Waals surface area contributed by atoms with Crippen LogP contribution in [-0.4, -0.2) is 53.1 Å². The lowest BCUT2D eigenvalue weighted by Gasteiger charge is -2.33. The Balaban J connectivity index is 1.91. The first kappa shape index (κ1) is 14.2. The van der Waals surface area contributed by atoms with Crippen molar-refractivity contribution >= 4 is 12.0 Å². The predicted molar refractivity (Wildman–Crippen MR) is 71.8 cm³/mol. The van der Waals surface area contributed by atoms with Crippen LogP contribution < -0.4 is 0 Å². The van der Waals surface area contributed by atoms with Crippen molar-refractivity contribution in [3.05, 3.63) is 0 Å². The highest BCUT2D eigenvalue weighted by atomic mass is 16.4. The largest absolute Gasteiger partial charge is 0.481 e. The molecule has 0 aromatic rings.